The van der Waals surface area contributed by atoms with Crippen molar-refractivity contribution in [2.24, 2.45) is 0 Å². The van der Waals surface area contributed by atoms with E-state index in [0.717, 1.165) is 36.2 Å². The summed E-state index contributed by atoms with van der Waals surface area (Å²) in [6.07, 6.45) is 2.07. The Bertz CT molecular complexity index is 682. The minimum absolute atomic E-state index is 0.0471. The number of rotatable bonds is 3. The van der Waals surface area contributed by atoms with Gasteiger partial charge in [-0.15, -0.1) is 11.3 Å². The maximum atomic E-state index is 14.0. The van der Waals surface area contributed by atoms with Crippen molar-refractivity contribution in [2.45, 2.75) is 25.8 Å². The lowest BCUT2D eigenvalue weighted by Gasteiger charge is -2.24. The third-order valence-corrected chi connectivity index (χ3v) is 5.42. The van der Waals surface area contributed by atoms with E-state index >= 15 is 0 Å². The fourth-order valence-corrected chi connectivity index (χ4v) is 4.32. The summed E-state index contributed by atoms with van der Waals surface area (Å²) in [4.78, 5) is 15.4. The molecule has 1 atom stereocenters. The third kappa shape index (κ3) is 2.45. The molecule has 1 amide bonds. The molecule has 1 N–H and O–H groups in total. The Morgan fingerprint density at radius 3 is 3.05 bits per heavy atom. The molecular formula is C16H19FN2OS. The third-order valence-electron chi connectivity index (χ3n) is 4.17. The molecule has 0 radical (unpaired) electrons. The van der Waals surface area contributed by atoms with Crippen LogP contribution in [0.5, 0.6) is 0 Å². The van der Waals surface area contributed by atoms with E-state index in [2.05, 4.69) is 5.32 Å². The van der Waals surface area contributed by atoms with Crippen molar-refractivity contribution in [1.82, 2.24) is 10.2 Å². The number of hydrogen-bond donors (Lipinski definition) is 1. The minimum Gasteiger partial charge on any atom is -0.334 e. The fraction of sp³-hybridized carbons (Fsp3) is 0.438. The largest absolute Gasteiger partial charge is 0.334 e. The molecule has 0 spiro atoms. The van der Waals surface area contributed by atoms with Gasteiger partial charge < -0.3 is 10.2 Å². The number of halogens is 1. The zero-order valence-electron chi connectivity index (χ0n) is 12.3. The van der Waals surface area contributed by atoms with E-state index < -0.39 is 0 Å². The lowest BCUT2D eigenvalue weighted by Crippen LogP contribution is -2.40. The monoisotopic (exact) mass is 306 g/mol. The number of nitrogens with zero attached hydrogens (tertiary/aromatic N) is 1. The van der Waals surface area contributed by atoms with Crippen LogP contribution in [0.2, 0.25) is 0 Å². The highest BCUT2D eigenvalue weighted by Gasteiger charge is 2.31. The van der Waals surface area contributed by atoms with Gasteiger partial charge >= 0.3 is 0 Å². The molecule has 112 valence electrons. The highest BCUT2D eigenvalue weighted by molar-refractivity contribution is 7.21. The average Bonchev–Trinajstić information content (AvgIpc) is 3.04. The molecule has 1 aromatic heterocycles. The van der Waals surface area contributed by atoms with Crippen LogP contribution in [-0.4, -0.2) is 37.0 Å². The van der Waals surface area contributed by atoms with E-state index in [0.29, 0.717) is 10.3 Å². The van der Waals surface area contributed by atoms with Gasteiger partial charge in [0.2, 0.25) is 0 Å². The second-order valence-corrected chi connectivity index (χ2v) is 6.57. The van der Waals surface area contributed by atoms with E-state index in [1.54, 1.807) is 6.07 Å². The van der Waals surface area contributed by atoms with Gasteiger partial charge in [0.25, 0.3) is 5.91 Å². The smallest absolute Gasteiger partial charge is 0.264 e. The number of carbonyl (C=O) groups is 1. The first-order valence-electron chi connectivity index (χ1n) is 7.26. The van der Waals surface area contributed by atoms with Gasteiger partial charge in [-0.25, -0.2) is 4.39 Å². The maximum Gasteiger partial charge on any atom is 0.264 e. The first-order chi connectivity index (χ1) is 10.1. The molecule has 1 unspecified atom stereocenters. The molecule has 2 heterocycles. The molecule has 1 fully saturated rings. The normalized spacial score (nSPS) is 18.6. The van der Waals surface area contributed by atoms with E-state index in [9.17, 15) is 9.18 Å². The van der Waals surface area contributed by atoms with Crippen molar-refractivity contribution in [3.63, 3.8) is 0 Å². The zero-order chi connectivity index (χ0) is 15.0. The van der Waals surface area contributed by atoms with Crippen molar-refractivity contribution < 1.29 is 9.18 Å². The van der Waals surface area contributed by atoms with Crippen LogP contribution in [0.25, 0.3) is 10.1 Å². The highest BCUT2D eigenvalue weighted by atomic mass is 32.1. The van der Waals surface area contributed by atoms with Crippen LogP contribution in [0.4, 0.5) is 4.39 Å². The molecule has 1 saturated heterocycles. The number of nitrogens with one attached hydrogen (secondary N) is 1. The Morgan fingerprint density at radius 2 is 2.33 bits per heavy atom. The summed E-state index contributed by atoms with van der Waals surface area (Å²) in [5.41, 5.74) is 0.771. The van der Waals surface area contributed by atoms with Gasteiger partial charge in [-0.2, -0.15) is 0 Å². The number of thiophene rings is 1. The summed E-state index contributed by atoms with van der Waals surface area (Å²) >= 11 is 1.40. The van der Waals surface area contributed by atoms with Crippen molar-refractivity contribution in [3.8, 4) is 0 Å². The SMILES string of the molecule is CNCC1CCCN1C(=O)c1sc2cccc(F)c2c1C. The fourth-order valence-electron chi connectivity index (χ4n) is 3.14. The van der Waals surface area contributed by atoms with Crippen molar-refractivity contribution in [2.75, 3.05) is 20.1 Å². The summed E-state index contributed by atoms with van der Waals surface area (Å²) < 4.78 is 14.8. The summed E-state index contributed by atoms with van der Waals surface area (Å²) in [6, 6.07) is 5.27. The van der Waals surface area contributed by atoms with Gasteiger partial charge in [0.05, 0.1) is 4.88 Å². The molecule has 0 bridgehead atoms. The molecule has 3 rings (SSSR count). The molecular weight excluding hydrogens is 287 g/mol. The van der Waals surface area contributed by atoms with Crippen LogP contribution < -0.4 is 5.32 Å². The predicted octanol–water partition coefficient (Wildman–Crippen LogP) is 3.17. The molecule has 1 aliphatic rings. The Labute approximate surface area is 127 Å². The number of likely N-dealkylation sites (tertiary alicyclic amines) is 1. The minimum atomic E-state index is -0.242. The molecule has 1 aromatic carbocycles. The van der Waals surface area contributed by atoms with E-state index in [1.165, 1.54) is 17.4 Å². The first kappa shape index (κ1) is 14.5. The van der Waals surface area contributed by atoms with Crippen molar-refractivity contribution >= 4 is 27.3 Å². The molecule has 0 aliphatic carbocycles. The number of amides is 1. The zero-order valence-corrected chi connectivity index (χ0v) is 13.1. The molecule has 5 heteroatoms. The van der Waals surface area contributed by atoms with E-state index in [-0.39, 0.29) is 17.8 Å². The number of hydrogen-bond acceptors (Lipinski definition) is 3. The van der Waals surface area contributed by atoms with E-state index in [4.69, 9.17) is 0 Å². The molecule has 2 aromatic rings. The van der Waals surface area contributed by atoms with Crippen LogP contribution >= 0.6 is 11.3 Å². The molecule has 0 saturated carbocycles. The Balaban J connectivity index is 1.98. The van der Waals surface area contributed by atoms with Gasteiger partial charge in [0.15, 0.2) is 0 Å². The Kier molecular flexibility index (Phi) is 3.95. The number of fused-ring (bicyclic) bond motifs is 1. The van der Waals surface area contributed by atoms with Crippen LogP contribution in [0, 0.1) is 12.7 Å². The lowest BCUT2D eigenvalue weighted by atomic mass is 10.1. The topological polar surface area (TPSA) is 32.3 Å². The Hall–Kier alpha value is -1.46. The average molecular weight is 306 g/mol. The summed E-state index contributed by atoms with van der Waals surface area (Å²) in [5.74, 6) is -0.195. The Morgan fingerprint density at radius 1 is 1.52 bits per heavy atom. The predicted molar refractivity (Wildman–Crippen MR) is 84.5 cm³/mol. The molecule has 3 nitrogen and oxygen atoms in total. The van der Waals surface area contributed by atoms with Crippen LogP contribution in [0.15, 0.2) is 18.2 Å². The maximum absolute atomic E-state index is 14.0. The van der Waals surface area contributed by atoms with Gasteiger partial charge in [0.1, 0.15) is 5.82 Å². The van der Waals surface area contributed by atoms with Crippen LogP contribution in [0.1, 0.15) is 28.1 Å². The van der Waals surface area contributed by atoms with Crippen molar-refractivity contribution in [1.29, 1.82) is 0 Å². The molecule has 21 heavy (non-hydrogen) atoms. The lowest BCUT2D eigenvalue weighted by molar-refractivity contribution is 0.0741. The summed E-state index contributed by atoms with van der Waals surface area (Å²) in [6.45, 7) is 3.45. The highest BCUT2D eigenvalue weighted by Crippen LogP contribution is 2.34. The second kappa shape index (κ2) is 5.73. The number of likely N-dealkylation sites (N-methyl/N-ethyl adjacent to an activating group) is 1. The summed E-state index contributed by atoms with van der Waals surface area (Å²) in [7, 11) is 1.90. The number of benzene rings is 1. The van der Waals surface area contributed by atoms with Gasteiger partial charge in [0, 0.05) is 29.2 Å². The van der Waals surface area contributed by atoms with Gasteiger partial charge in [-0.1, -0.05) is 6.07 Å². The summed E-state index contributed by atoms with van der Waals surface area (Å²) in [5, 5.41) is 3.74. The molecule has 1 aliphatic heterocycles. The van der Waals surface area contributed by atoms with Crippen LogP contribution in [-0.2, 0) is 0 Å². The quantitative estimate of drug-likeness (QED) is 0.944. The number of aryl methyl sites for hydroxylation is 1. The second-order valence-electron chi connectivity index (χ2n) is 5.52. The van der Waals surface area contributed by atoms with Gasteiger partial charge in [-0.3, -0.25) is 4.79 Å². The standard InChI is InChI=1S/C16H19FN2OS/c1-10-14-12(17)6-3-7-13(14)21-15(10)16(20)19-8-4-5-11(19)9-18-2/h3,6-7,11,18H,4-5,8-9H2,1-2H3. The number of carbonyl (C=O) groups excluding carboxylic acids is 1. The van der Waals surface area contributed by atoms with Crippen molar-refractivity contribution in [3.05, 3.63) is 34.5 Å². The van der Waals surface area contributed by atoms with Gasteiger partial charge in [-0.05, 0) is 44.5 Å². The first-order valence-corrected chi connectivity index (χ1v) is 8.08. The van der Waals surface area contributed by atoms with Crippen LogP contribution in [0.3, 0.4) is 0 Å². The van der Waals surface area contributed by atoms with E-state index in [1.807, 2.05) is 24.9 Å².